The molecule has 1 N–H and O–H groups in total. The summed E-state index contributed by atoms with van der Waals surface area (Å²) < 4.78 is 4.91. The Bertz CT molecular complexity index is 191. The lowest BCUT2D eigenvalue weighted by Gasteiger charge is -2.17. The van der Waals surface area contributed by atoms with Crippen LogP contribution in [-0.4, -0.2) is 49.7 Å². The van der Waals surface area contributed by atoms with E-state index in [1.165, 1.54) is 25.9 Å². The van der Waals surface area contributed by atoms with Crippen LogP contribution in [0.2, 0.25) is 0 Å². The van der Waals surface area contributed by atoms with Crippen molar-refractivity contribution in [3.05, 3.63) is 0 Å². The maximum atomic E-state index is 11.3. The zero-order chi connectivity index (χ0) is 11.1. The number of nitrogens with one attached hydrogen (secondary N) is 1. The lowest BCUT2D eigenvalue weighted by Crippen LogP contribution is -2.39. The van der Waals surface area contributed by atoms with Gasteiger partial charge in [-0.3, -0.25) is 4.79 Å². The highest BCUT2D eigenvalue weighted by Crippen LogP contribution is 2.05. The summed E-state index contributed by atoms with van der Waals surface area (Å²) in [6.07, 6.45) is 2.63. The second-order valence-electron chi connectivity index (χ2n) is 3.98. The van der Waals surface area contributed by atoms with Gasteiger partial charge in [-0.15, -0.1) is 0 Å². The summed E-state index contributed by atoms with van der Waals surface area (Å²) >= 11 is 0. The average Bonchev–Trinajstić information content (AvgIpc) is 2.71. The minimum absolute atomic E-state index is 0.154. The number of carbonyl (C=O) groups excluding carboxylic acids is 1. The Morgan fingerprint density at radius 2 is 2.13 bits per heavy atom. The third-order valence-electron chi connectivity index (χ3n) is 2.72. The zero-order valence-corrected chi connectivity index (χ0v) is 9.79. The van der Waals surface area contributed by atoms with Gasteiger partial charge in [-0.25, -0.2) is 0 Å². The standard InChI is InChI=1S/C11H22N2O2/c1-3-15-11(14)10(2)12-6-9-13-7-4-5-8-13/h10,12H,3-9H2,1-2H3. The molecule has 0 amide bonds. The van der Waals surface area contributed by atoms with Crippen LogP contribution in [0.3, 0.4) is 0 Å². The van der Waals surface area contributed by atoms with Gasteiger partial charge in [0.05, 0.1) is 6.61 Å². The van der Waals surface area contributed by atoms with E-state index in [4.69, 9.17) is 4.74 Å². The smallest absolute Gasteiger partial charge is 0.322 e. The molecule has 0 aliphatic carbocycles. The van der Waals surface area contributed by atoms with Gasteiger partial charge < -0.3 is 15.0 Å². The van der Waals surface area contributed by atoms with Gasteiger partial charge in [-0.05, 0) is 39.8 Å². The Balaban J connectivity index is 2.05. The topological polar surface area (TPSA) is 41.6 Å². The Labute approximate surface area is 92.0 Å². The fraction of sp³-hybridized carbons (Fsp3) is 0.909. The summed E-state index contributed by atoms with van der Waals surface area (Å²) in [5.74, 6) is -0.154. The van der Waals surface area contributed by atoms with Crippen LogP contribution >= 0.6 is 0 Å². The third kappa shape index (κ3) is 4.62. The van der Waals surface area contributed by atoms with Crippen LogP contribution < -0.4 is 5.32 Å². The fourth-order valence-corrected chi connectivity index (χ4v) is 1.80. The number of nitrogens with zero attached hydrogens (tertiary/aromatic N) is 1. The number of carbonyl (C=O) groups is 1. The van der Waals surface area contributed by atoms with E-state index in [0.717, 1.165) is 13.1 Å². The minimum atomic E-state index is -0.187. The summed E-state index contributed by atoms with van der Waals surface area (Å²) in [7, 11) is 0. The third-order valence-corrected chi connectivity index (χ3v) is 2.72. The van der Waals surface area contributed by atoms with Crippen LogP contribution in [0.25, 0.3) is 0 Å². The molecule has 0 aromatic rings. The Morgan fingerprint density at radius 3 is 2.73 bits per heavy atom. The first-order valence-corrected chi connectivity index (χ1v) is 5.86. The Kier molecular flexibility index (Phi) is 5.65. The van der Waals surface area contributed by atoms with Gasteiger partial charge in [-0.1, -0.05) is 0 Å². The first kappa shape index (κ1) is 12.5. The molecule has 1 saturated heterocycles. The maximum absolute atomic E-state index is 11.3. The van der Waals surface area contributed by atoms with E-state index in [0.29, 0.717) is 6.61 Å². The van der Waals surface area contributed by atoms with Gasteiger partial charge in [0.1, 0.15) is 6.04 Å². The molecule has 1 rings (SSSR count). The lowest BCUT2D eigenvalue weighted by molar-refractivity contribution is -0.145. The molecule has 1 aliphatic heterocycles. The molecule has 4 nitrogen and oxygen atoms in total. The largest absolute Gasteiger partial charge is 0.465 e. The van der Waals surface area contributed by atoms with Crippen LogP contribution in [0, 0.1) is 0 Å². The van der Waals surface area contributed by atoms with E-state index in [1.54, 1.807) is 0 Å². The van der Waals surface area contributed by atoms with Crippen molar-refractivity contribution in [2.24, 2.45) is 0 Å². The molecule has 4 heteroatoms. The SMILES string of the molecule is CCOC(=O)C(C)NCCN1CCCC1. The van der Waals surface area contributed by atoms with Gasteiger partial charge >= 0.3 is 5.97 Å². The van der Waals surface area contributed by atoms with E-state index in [-0.39, 0.29) is 12.0 Å². The van der Waals surface area contributed by atoms with E-state index < -0.39 is 0 Å². The normalized spacial score (nSPS) is 19.1. The molecule has 15 heavy (non-hydrogen) atoms. The summed E-state index contributed by atoms with van der Waals surface area (Å²) in [5.41, 5.74) is 0. The molecule has 1 atom stereocenters. The molecule has 0 radical (unpaired) electrons. The molecule has 1 aliphatic rings. The number of esters is 1. The van der Waals surface area contributed by atoms with E-state index in [1.807, 2.05) is 13.8 Å². The van der Waals surface area contributed by atoms with Gasteiger partial charge in [-0.2, -0.15) is 0 Å². The molecule has 1 fully saturated rings. The Morgan fingerprint density at radius 1 is 1.47 bits per heavy atom. The van der Waals surface area contributed by atoms with Crippen molar-refractivity contribution >= 4 is 5.97 Å². The van der Waals surface area contributed by atoms with Crippen molar-refractivity contribution in [2.45, 2.75) is 32.7 Å². The molecule has 0 aromatic heterocycles. The summed E-state index contributed by atoms with van der Waals surface area (Å²) in [4.78, 5) is 13.7. The molecule has 1 unspecified atom stereocenters. The second kappa shape index (κ2) is 6.80. The summed E-state index contributed by atoms with van der Waals surface area (Å²) in [6, 6.07) is -0.187. The highest BCUT2D eigenvalue weighted by molar-refractivity contribution is 5.75. The fourth-order valence-electron chi connectivity index (χ4n) is 1.80. The predicted molar refractivity (Wildman–Crippen MR) is 59.8 cm³/mol. The van der Waals surface area contributed by atoms with Gasteiger partial charge in [0.25, 0.3) is 0 Å². The van der Waals surface area contributed by atoms with Crippen LogP contribution in [0.4, 0.5) is 0 Å². The van der Waals surface area contributed by atoms with Crippen molar-refractivity contribution < 1.29 is 9.53 Å². The molecular weight excluding hydrogens is 192 g/mol. The molecule has 0 saturated carbocycles. The average molecular weight is 214 g/mol. The van der Waals surface area contributed by atoms with E-state index in [9.17, 15) is 4.79 Å². The molecule has 0 aromatic carbocycles. The van der Waals surface area contributed by atoms with Crippen LogP contribution in [0.5, 0.6) is 0 Å². The molecule has 0 bridgehead atoms. The van der Waals surface area contributed by atoms with Crippen molar-refractivity contribution in [3.63, 3.8) is 0 Å². The molecule has 88 valence electrons. The maximum Gasteiger partial charge on any atom is 0.322 e. The molecule has 1 heterocycles. The Hall–Kier alpha value is -0.610. The van der Waals surface area contributed by atoms with Crippen LogP contribution in [0.15, 0.2) is 0 Å². The summed E-state index contributed by atoms with van der Waals surface area (Å²) in [5, 5.41) is 3.18. The van der Waals surface area contributed by atoms with Crippen molar-refractivity contribution in [1.82, 2.24) is 10.2 Å². The molecule has 0 spiro atoms. The zero-order valence-electron chi connectivity index (χ0n) is 9.79. The van der Waals surface area contributed by atoms with Gasteiger partial charge in [0.15, 0.2) is 0 Å². The van der Waals surface area contributed by atoms with Crippen LogP contribution in [0.1, 0.15) is 26.7 Å². The first-order chi connectivity index (χ1) is 7.24. The second-order valence-corrected chi connectivity index (χ2v) is 3.98. The number of likely N-dealkylation sites (tertiary alicyclic amines) is 1. The van der Waals surface area contributed by atoms with Crippen molar-refractivity contribution in [3.8, 4) is 0 Å². The highest BCUT2D eigenvalue weighted by atomic mass is 16.5. The van der Waals surface area contributed by atoms with Crippen LogP contribution in [-0.2, 0) is 9.53 Å². The predicted octanol–water partition coefficient (Wildman–Crippen LogP) is 0.623. The number of ether oxygens (including phenoxy) is 1. The number of hydrogen-bond acceptors (Lipinski definition) is 4. The van der Waals surface area contributed by atoms with E-state index >= 15 is 0 Å². The minimum Gasteiger partial charge on any atom is -0.465 e. The first-order valence-electron chi connectivity index (χ1n) is 5.86. The highest BCUT2D eigenvalue weighted by Gasteiger charge is 2.14. The number of hydrogen-bond donors (Lipinski definition) is 1. The van der Waals surface area contributed by atoms with Gasteiger partial charge in [0.2, 0.25) is 0 Å². The summed E-state index contributed by atoms with van der Waals surface area (Å²) in [6.45, 7) is 8.43. The molecular formula is C11H22N2O2. The monoisotopic (exact) mass is 214 g/mol. The van der Waals surface area contributed by atoms with E-state index in [2.05, 4.69) is 10.2 Å². The lowest BCUT2D eigenvalue weighted by atomic mass is 10.3. The number of rotatable bonds is 6. The van der Waals surface area contributed by atoms with Gasteiger partial charge in [0, 0.05) is 13.1 Å². The van der Waals surface area contributed by atoms with Crippen molar-refractivity contribution in [1.29, 1.82) is 0 Å². The quantitative estimate of drug-likeness (QED) is 0.658. The van der Waals surface area contributed by atoms with Crippen molar-refractivity contribution in [2.75, 3.05) is 32.8 Å².